The second-order valence-corrected chi connectivity index (χ2v) is 5.46. The first-order chi connectivity index (χ1) is 9.88. The van der Waals surface area contributed by atoms with E-state index in [0.29, 0.717) is 4.47 Å². The second-order valence-electron chi connectivity index (χ2n) is 4.10. The zero-order chi connectivity index (χ0) is 15.6. The van der Waals surface area contributed by atoms with Gasteiger partial charge in [0.2, 0.25) is 0 Å². The number of rotatable bonds is 3. The van der Waals surface area contributed by atoms with Crippen LogP contribution in [0.15, 0.2) is 40.9 Å². The zero-order valence-corrected chi connectivity index (χ0v) is 12.8. The van der Waals surface area contributed by atoms with Crippen LogP contribution >= 0.6 is 27.5 Å². The van der Waals surface area contributed by atoms with Crippen molar-refractivity contribution in [1.82, 2.24) is 0 Å². The van der Waals surface area contributed by atoms with Crippen molar-refractivity contribution in [3.05, 3.63) is 61.6 Å². The Morgan fingerprint density at radius 2 is 2.00 bits per heavy atom. The summed E-state index contributed by atoms with van der Waals surface area (Å²) in [6, 6.07) is 8.69. The molecule has 0 aliphatic heterocycles. The van der Waals surface area contributed by atoms with Gasteiger partial charge in [-0.3, -0.25) is 14.9 Å². The molecule has 0 aromatic heterocycles. The van der Waals surface area contributed by atoms with Crippen LogP contribution in [0, 0.1) is 10.1 Å². The fourth-order valence-corrected chi connectivity index (χ4v) is 2.22. The molecule has 0 aliphatic carbocycles. The number of anilines is 2. The van der Waals surface area contributed by atoms with Crippen molar-refractivity contribution in [3.8, 4) is 0 Å². The quantitative estimate of drug-likeness (QED) is 0.487. The summed E-state index contributed by atoms with van der Waals surface area (Å²) < 4.78 is 0.669. The van der Waals surface area contributed by atoms with E-state index in [2.05, 4.69) is 21.2 Å². The van der Waals surface area contributed by atoms with Gasteiger partial charge in [-0.05, 0) is 30.3 Å². The van der Waals surface area contributed by atoms with Gasteiger partial charge in [0, 0.05) is 21.2 Å². The van der Waals surface area contributed by atoms with Crippen LogP contribution in [0.4, 0.5) is 17.1 Å². The van der Waals surface area contributed by atoms with Gasteiger partial charge >= 0.3 is 0 Å². The highest BCUT2D eigenvalue weighted by Crippen LogP contribution is 2.29. The average molecular weight is 371 g/mol. The van der Waals surface area contributed by atoms with Crippen molar-refractivity contribution in [2.24, 2.45) is 0 Å². The number of benzene rings is 2. The van der Waals surface area contributed by atoms with Gasteiger partial charge in [0.05, 0.1) is 10.5 Å². The van der Waals surface area contributed by atoms with Crippen LogP contribution in [-0.4, -0.2) is 10.8 Å². The molecule has 108 valence electrons. The summed E-state index contributed by atoms with van der Waals surface area (Å²) in [4.78, 5) is 22.5. The van der Waals surface area contributed by atoms with Gasteiger partial charge < -0.3 is 11.1 Å². The molecular formula is C13H9BrClN3O3. The minimum atomic E-state index is -0.601. The van der Waals surface area contributed by atoms with E-state index in [9.17, 15) is 14.9 Å². The first-order valence-corrected chi connectivity index (χ1v) is 6.86. The molecule has 6 nitrogen and oxygen atoms in total. The number of nitro groups is 1. The molecule has 21 heavy (non-hydrogen) atoms. The normalized spacial score (nSPS) is 10.2. The van der Waals surface area contributed by atoms with Crippen LogP contribution in [0.5, 0.6) is 0 Å². The number of nitrogen functional groups attached to an aromatic ring is 1. The lowest BCUT2D eigenvalue weighted by Gasteiger charge is -2.09. The van der Waals surface area contributed by atoms with Crippen LogP contribution in [0.3, 0.4) is 0 Å². The lowest BCUT2D eigenvalue weighted by atomic mass is 10.1. The third kappa shape index (κ3) is 3.50. The molecule has 0 saturated heterocycles. The largest absolute Gasteiger partial charge is 0.398 e. The molecule has 0 heterocycles. The molecule has 8 heteroatoms. The molecule has 1 amide bonds. The molecule has 0 aliphatic rings. The van der Waals surface area contributed by atoms with Crippen LogP contribution < -0.4 is 11.1 Å². The van der Waals surface area contributed by atoms with Crippen molar-refractivity contribution in [2.45, 2.75) is 0 Å². The molecule has 0 bridgehead atoms. The van der Waals surface area contributed by atoms with Crippen molar-refractivity contribution in [3.63, 3.8) is 0 Å². The van der Waals surface area contributed by atoms with Crippen molar-refractivity contribution >= 4 is 50.5 Å². The summed E-state index contributed by atoms with van der Waals surface area (Å²) in [5.74, 6) is -0.556. The molecule has 0 spiro atoms. The van der Waals surface area contributed by atoms with E-state index >= 15 is 0 Å². The number of hydrogen-bond donors (Lipinski definition) is 2. The minimum absolute atomic E-state index is 0.0110. The van der Waals surface area contributed by atoms with Crippen LogP contribution in [0.1, 0.15) is 10.4 Å². The maximum atomic E-state index is 12.2. The van der Waals surface area contributed by atoms with Gasteiger partial charge in [-0.25, -0.2) is 0 Å². The highest BCUT2D eigenvalue weighted by atomic mass is 79.9. The summed E-state index contributed by atoms with van der Waals surface area (Å²) in [7, 11) is 0. The van der Waals surface area contributed by atoms with Gasteiger partial charge in [-0.2, -0.15) is 0 Å². The fourth-order valence-electron chi connectivity index (χ4n) is 1.68. The van der Waals surface area contributed by atoms with Gasteiger partial charge in [0.15, 0.2) is 0 Å². The molecule has 2 aromatic carbocycles. The number of nitro benzene ring substituents is 1. The molecule has 3 N–H and O–H groups in total. The van der Waals surface area contributed by atoms with Gasteiger partial charge in [-0.1, -0.05) is 27.5 Å². The second kappa shape index (κ2) is 6.11. The molecule has 0 saturated carbocycles. The molecule has 0 atom stereocenters. The third-order valence-corrected chi connectivity index (χ3v) is 3.39. The molecule has 0 fully saturated rings. The Morgan fingerprint density at radius 3 is 2.67 bits per heavy atom. The Kier molecular flexibility index (Phi) is 4.44. The summed E-state index contributed by atoms with van der Waals surface area (Å²) in [5, 5.41) is 13.7. The van der Waals surface area contributed by atoms with Gasteiger partial charge in [0.1, 0.15) is 5.69 Å². The Hall–Kier alpha value is -2.12. The summed E-state index contributed by atoms with van der Waals surface area (Å²) in [6.07, 6.45) is 0. The predicted octanol–water partition coefficient (Wildman–Crippen LogP) is 3.85. The lowest BCUT2D eigenvalue weighted by Crippen LogP contribution is -2.15. The number of carbonyl (C=O) groups excluding carboxylic acids is 1. The van der Waals surface area contributed by atoms with Crippen molar-refractivity contribution < 1.29 is 9.72 Å². The number of nitrogens with two attached hydrogens (primary N) is 1. The SMILES string of the molecule is Nc1ccc(Br)cc1C(=O)Nc1cc(Cl)ccc1[N+](=O)[O-]. The third-order valence-electron chi connectivity index (χ3n) is 2.66. The Balaban J connectivity index is 2.38. The number of halogens is 2. The summed E-state index contributed by atoms with van der Waals surface area (Å²) in [6.45, 7) is 0. The van der Waals surface area contributed by atoms with Crippen LogP contribution in [-0.2, 0) is 0 Å². The first-order valence-electron chi connectivity index (χ1n) is 5.69. The number of carbonyl (C=O) groups is 1. The van der Waals surface area contributed by atoms with Crippen molar-refractivity contribution in [2.75, 3.05) is 11.1 Å². The molecular weight excluding hydrogens is 362 g/mol. The smallest absolute Gasteiger partial charge is 0.292 e. The number of nitrogens with zero attached hydrogens (tertiary/aromatic N) is 1. The highest BCUT2D eigenvalue weighted by molar-refractivity contribution is 9.10. The van der Waals surface area contributed by atoms with Crippen LogP contribution in [0.2, 0.25) is 5.02 Å². The highest BCUT2D eigenvalue weighted by Gasteiger charge is 2.18. The maximum absolute atomic E-state index is 12.2. The Labute approximate surface area is 133 Å². The van der Waals surface area contributed by atoms with E-state index in [4.69, 9.17) is 17.3 Å². The van der Waals surface area contributed by atoms with E-state index in [0.717, 1.165) is 0 Å². The van der Waals surface area contributed by atoms with E-state index in [-0.39, 0.29) is 27.6 Å². The minimum Gasteiger partial charge on any atom is -0.398 e. The maximum Gasteiger partial charge on any atom is 0.292 e. The predicted molar refractivity (Wildman–Crippen MR) is 84.6 cm³/mol. The molecule has 2 rings (SSSR count). The van der Waals surface area contributed by atoms with E-state index in [1.165, 1.54) is 24.3 Å². The van der Waals surface area contributed by atoms with Gasteiger partial charge in [-0.15, -0.1) is 0 Å². The Morgan fingerprint density at radius 1 is 1.29 bits per heavy atom. The fraction of sp³-hybridized carbons (Fsp3) is 0. The standard InChI is InChI=1S/C13H9BrClN3O3/c14-7-1-3-10(16)9(5-7)13(19)17-11-6-8(15)2-4-12(11)18(20)21/h1-6H,16H2,(H,17,19). The first kappa shape index (κ1) is 15.3. The summed E-state index contributed by atoms with van der Waals surface area (Å²) in [5.41, 5.74) is 5.96. The molecule has 0 radical (unpaired) electrons. The van der Waals surface area contributed by atoms with Crippen molar-refractivity contribution in [1.29, 1.82) is 0 Å². The van der Waals surface area contributed by atoms with Gasteiger partial charge in [0.25, 0.3) is 11.6 Å². The molecule has 0 unspecified atom stereocenters. The van der Waals surface area contributed by atoms with E-state index < -0.39 is 10.8 Å². The zero-order valence-electron chi connectivity index (χ0n) is 10.5. The molecule has 2 aromatic rings. The monoisotopic (exact) mass is 369 g/mol. The average Bonchev–Trinajstić information content (AvgIpc) is 2.41. The lowest BCUT2D eigenvalue weighted by molar-refractivity contribution is -0.383. The topological polar surface area (TPSA) is 98.3 Å². The summed E-state index contributed by atoms with van der Waals surface area (Å²) >= 11 is 9.04. The van der Waals surface area contributed by atoms with E-state index in [1.807, 2.05) is 0 Å². The Bertz CT molecular complexity index is 737. The number of amides is 1. The van der Waals surface area contributed by atoms with Crippen LogP contribution in [0.25, 0.3) is 0 Å². The number of nitrogens with one attached hydrogen (secondary N) is 1. The number of hydrogen-bond acceptors (Lipinski definition) is 4. The van der Waals surface area contributed by atoms with E-state index in [1.54, 1.807) is 12.1 Å².